The lowest BCUT2D eigenvalue weighted by molar-refractivity contribution is 0.514. The van der Waals surface area contributed by atoms with Gasteiger partial charge < -0.3 is 10.4 Å². The molecule has 6 heteroatoms. The Morgan fingerprint density at radius 1 is 0.917 bits per heavy atom. The third kappa shape index (κ3) is 10.1. The number of hydrogen-bond donors (Lipinski definition) is 2. The summed E-state index contributed by atoms with van der Waals surface area (Å²) in [4.78, 5) is 4.46. The van der Waals surface area contributed by atoms with E-state index < -0.39 is 0 Å². The molecule has 1 aromatic heterocycles. The van der Waals surface area contributed by atoms with E-state index in [1.54, 1.807) is 24.3 Å². The van der Waals surface area contributed by atoms with Gasteiger partial charge in [-0.05, 0) is 38.1 Å². The van der Waals surface area contributed by atoms with Crippen molar-refractivity contribution in [1.29, 1.82) is 5.26 Å². The van der Waals surface area contributed by atoms with E-state index in [4.69, 9.17) is 11.6 Å². The molecule has 0 saturated carbocycles. The van der Waals surface area contributed by atoms with Crippen LogP contribution in [0.15, 0.2) is 60.0 Å². The number of nitrogens with one attached hydrogen (secondary N) is 1. The van der Waals surface area contributed by atoms with Crippen LogP contribution in [-0.4, -0.2) is 23.2 Å². The summed E-state index contributed by atoms with van der Waals surface area (Å²) in [5.41, 5.74) is 2.27. The molecule has 4 nitrogen and oxygen atoms in total. The summed E-state index contributed by atoms with van der Waals surface area (Å²) in [5, 5.41) is 26.1. The summed E-state index contributed by atoms with van der Waals surface area (Å²) in [7, 11) is 0. The molecule has 0 unspecified atom stereocenters. The smallest absolute Gasteiger partial charge is 0.145 e. The van der Waals surface area contributed by atoms with Gasteiger partial charge in [0.15, 0.2) is 0 Å². The van der Waals surface area contributed by atoms with Crippen LogP contribution in [0.3, 0.4) is 0 Å². The number of unbranched alkanes of at least 4 members (excludes halogenated alkanes) is 6. The fourth-order valence-electron chi connectivity index (χ4n) is 3.60. The van der Waals surface area contributed by atoms with Crippen molar-refractivity contribution in [3.05, 3.63) is 75.6 Å². The second kappa shape index (κ2) is 17.7. The van der Waals surface area contributed by atoms with E-state index in [1.807, 2.05) is 41.8 Å². The van der Waals surface area contributed by atoms with Crippen molar-refractivity contribution >= 4 is 34.3 Å². The maximum Gasteiger partial charge on any atom is 0.145 e. The maximum atomic E-state index is 10.4. The Bertz CT molecular complexity index is 1080. The molecule has 0 radical (unpaired) electrons. The summed E-state index contributed by atoms with van der Waals surface area (Å²) >= 11 is 7.40. The van der Waals surface area contributed by atoms with E-state index in [9.17, 15) is 10.4 Å². The van der Waals surface area contributed by atoms with Gasteiger partial charge in [-0.2, -0.15) is 5.26 Å². The molecular weight excluding hydrogens is 486 g/mol. The Kier molecular flexibility index (Phi) is 14.6. The first kappa shape index (κ1) is 29.6. The number of nitriles is 1. The highest BCUT2D eigenvalue weighted by molar-refractivity contribution is 7.11. The van der Waals surface area contributed by atoms with Gasteiger partial charge >= 0.3 is 0 Å². The first-order valence-electron chi connectivity index (χ1n) is 12.9. The van der Waals surface area contributed by atoms with Crippen molar-refractivity contribution < 1.29 is 5.11 Å². The van der Waals surface area contributed by atoms with Gasteiger partial charge in [-0.25, -0.2) is 4.98 Å². The van der Waals surface area contributed by atoms with Crippen LogP contribution in [0.4, 0.5) is 0 Å². The zero-order chi connectivity index (χ0) is 26.0. The van der Waals surface area contributed by atoms with E-state index in [2.05, 4.69) is 24.1 Å². The summed E-state index contributed by atoms with van der Waals surface area (Å²) in [5.74, 6) is -0.160. The van der Waals surface area contributed by atoms with Crippen molar-refractivity contribution in [2.45, 2.75) is 65.2 Å². The minimum atomic E-state index is -0.160. The van der Waals surface area contributed by atoms with Crippen molar-refractivity contribution in [3.8, 4) is 17.3 Å². The number of aliphatic hydroxyl groups is 1. The van der Waals surface area contributed by atoms with Crippen molar-refractivity contribution in [2.75, 3.05) is 13.1 Å². The standard InChI is InChI=1S/C18H11ClN2OS.C12H27N/c19-15-9-5-4-8-13(15)17(22)14(10-20)18-21-16(11-23-18)12-6-2-1-3-7-12;1-3-5-7-9-11-13-12-10-8-6-4-2/h1-9,11,22H;13H,3-12H2,1-2H3. The number of benzene rings is 2. The molecule has 3 aromatic rings. The molecule has 0 amide bonds. The van der Waals surface area contributed by atoms with Gasteiger partial charge in [-0.15, -0.1) is 11.3 Å². The number of aliphatic hydroxyl groups excluding tert-OH is 1. The lowest BCUT2D eigenvalue weighted by atomic mass is 10.1. The van der Waals surface area contributed by atoms with E-state index in [-0.39, 0.29) is 11.3 Å². The topological polar surface area (TPSA) is 68.9 Å². The quantitative estimate of drug-likeness (QED) is 0.133. The normalized spacial score (nSPS) is 11.3. The minimum absolute atomic E-state index is 0.116. The van der Waals surface area contributed by atoms with Gasteiger partial charge in [0.25, 0.3) is 0 Å². The Balaban J connectivity index is 0.000000302. The molecule has 0 spiro atoms. The molecule has 0 aliphatic rings. The van der Waals surface area contributed by atoms with Crippen LogP contribution in [0.25, 0.3) is 22.6 Å². The second-order valence-electron chi connectivity index (χ2n) is 8.59. The molecular formula is C30H38ClN3OS. The Morgan fingerprint density at radius 3 is 2.11 bits per heavy atom. The molecule has 0 bridgehead atoms. The van der Waals surface area contributed by atoms with Crippen LogP contribution in [0.2, 0.25) is 5.02 Å². The highest BCUT2D eigenvalue weighted by Crippen LogP contribution is 2.32. The Morgan fingerprint density at radius 2 is 1.53 bits per heavy atom. The van der Waals surface area contributed by atoms with Crippen molar-refractivity contribution in [2.24, 2.45) is 0 Å². The number of allylic oxidation sites excluding steroid dienone is 1. The molecule has 36 heavy (non-hydrogen) atoms. The predicted molar refractivity (Wildman–Crippen MR) is 155 cm³/mol. The zero-order valence-corrected chi connectivity index (χ0v) is 23.0. The number of aromatic nitrogens is 1. The first-order valence-corrected chi connectivity index (χ1v) is 14.2. The SMILES string of the molecule is CCCCCCNCCCCCC.N#CC(=C(O)c1ccccc1Cl)c1nc(-c2ccccc2)cs1. The van der Waals surface area contributed by atoms with E-state index in [1.165, 1.54) is 75.8 Å². The molecule has 0 saturated heterocycles. The average molecular weight is 524 g/mol. The maximum absolute atomic E-state index is 10.4. The number of nitrogens with zero attached hydrogens (tertiary/aromatic N) is 2. The van der Waals surface area contributed by atoms with Gasteiger partial charge in [0.1, 0.15) is 22.4 Å². The molecule has 0 aliphatic heterocycles. The van der Waals surface area contributed by atoms with Gasteiger partial charge in [0.2, 0.25) is 0 Å². The van der Waals surface area contributed by atoms with Crippen LogP contribution in [-0.2, 0) is 0 Å². The summed E-state index contributed by atoms with van der Waals surface area (Å²) in [6.45, 7) is 6.98. The van der Waals surface area contributed by atoms with E-state index in [0.717, 1.165) is 11.3 Å². The minimum Gasteiger partial charge on any atom is -0.506 e. The number of halogens is 1. The molecule has 3 rings (SSSR count). The van der Waals surface area contributed by atoms with Crippen molar-refractivity contribution in [3.63, 3.8) is 0 Å². The lowest BCUT2D eigenvalue weighted by Gasteiger charge is -2.04. The zero-order valence-electron chi connectivity index (χ0n) is 21.5. The van der Waals surface area contributed by atoms with Crippen LogP contribution >= 0.6 is 22.9 Å². The summed E-state index contributed by atoms with van der Waals surface area (Å²) < 4.78 is 0. The third-order valence-corrected chi connectivity index (χ3v) is 6.87. The van der Waals surface area contributed by atoms with E-state index >= 15 is 0 Å². The van der Waals surface area contributed by atoms with Crippen molar-refractivity contribution in [1.82, 2.24) is 10.3 Å². The molecule has 192 valence electrons. The molecule has 0 fully saturated rings. The van der Waals surface area contributed by atoms with Crippen LogP contribution in [0, 0.1) is 11.3 Å². The fraction of sp³-hybridized carbons (Fsp3) is 0.400. The predicted octanol–water partition coefficient (Wildman–Crippen LogP) is 9.15. The monoisotopic (exact) mass is 523 g/mol. The Hall–Kier alpha value is -2.65. The third-order valence-electron chi connectivity index (χ3n) is 5.68. The van der Waals surface area contributed by atoms with E-state index in [0.29, 0.717) is 15.6 Å². The highest BCUT2D eigenvalue weighted by atomic mass is 35.5. The first-order chi connectivity index (χ1) is 17.6. The highest BCUT2D eigenvalue weighted by Gasteiger charge is 2.16. The summed E-state index contributed by atoms with van der Waals surface area (Å²) in [6, 6.07) is 18.6. The molecule has 0 aliphatic carbocycles. The molecule has 2 N–H and O–H groups in total. The molecule has 0 atom stereocenters. The van der Waals surface area contributed by atoms with Crippen LogP contribution < -0.4 is 5.32 Å². The van der Waals surface area contributed by atoms with Crippen LogP contribution in [0.1, 0.15) is 75.8 Å². The lowest BCUT2D eigenvalue weighted by Crippen LogP contribution is -2.16. The number of rotatable bonds is 13. The second-order valence-corrected chi connectivity index (χ2v) is 9.86. The summed E-state index contributed by atoms with van der Waals surface area (Å²) in [6.07, 6.45) is 11.0. The van der Waals surface area contributed by atoms with Gasteiger partial charge in [0, 0.05) is 16.5 Å². The Labute approximate surface area is 225 Å². The van der Waals surface area contributed by atoms with Crippen LogP contribution in [0.5, 0.6) is 0 Å². The average Bonchev–Trinajstić information content (AvgIpc) is 3.39. The van der Waals surface area contributed by atoms with Gasteiger partial charge in [-0.3, -0.25) is 0 Å². The number of hydrogen-bond acceptors (Lipinski definition) is 5. The largest absolute Gasteiger partial charge is 0.506 e. The van der Waals surface area contributed by atoms with Gasteiger partial charge in [-0.1, -0.05) is 106 Å². The molecule has 2 aromatic carbocycles. The fourth-order valence-corrected chi connectivity index (χ4v) is 4.65. The van der Waals surface area contributed by atoms with Gasteiger partial charge in [0.05, 0.1) is 10.7 Å². The number of thiazole rings is 1. The molecule has 1 heterocycles.